The quantitative estimate of drug-likeness (QED) is 0.134. The van der Waals surface area contributed by atoms with Gasteiger partial charge in [0.05, 0.1) is 6.33 Å². The fourth-order valence-electron chi connectivity index (χ4n) is 4.28. The number of hydrogen-bond acceptors (Lipinski definition) is 6. The van der Waals surface area contributed by atoms with Crippen LogP contribution in [0.1, 0.15) is 17.5 Å². The molecule has 3 aromatic heterocycles. The summed E-state index contributed by atoms with van der Waals surface area (Å²) in [5.41, 5.74) is 11.5. The van der Waals surface area contributed by atoms with Crippen LogP contribution < -0.4 is 21.7 Å². The molecule has 3 heterocycles. The largest absolute Gasteiger partial charge is 0.383 e. The van der Waals surface area contributed by atoms with Gasteiger partial charge in [0.2, 0.25) is 5.91 Å². The maximum absolute atomic E-state index is 12.4. The van der Waals surface area contributed by atoms with E-state index in [0.29, 0.717) is 18.1 Å². The molecule has 5 aromatic rings. The zero-order chi connectivity index (χ0) is 27.9. The summed E-state index contributed by atoms with van der Waals surface area (Å²) < 4.78 is 2.92. The van der Waals surface area contributed by atoms with Gasteiger partial charge < -0.3 is 26.3 Å². The van der Waals surface area contributed by atoms with Crippen LogP contribution in [0.4, 0.5) is 22.0 Å². The Morgan fingerprint density at radius 1 is 1.10 bits per heavy atom. The number of aromatic nitrogens is 3. The Hall–Kier alpha value is -4.96. The van der Waals surface area contributed by atoms with E-state index in [1.165, 1.54) is 6.08 Å². The number of rotatable bonds is 9. The Labute approximate surface area is 235 Å². The number of urea groups is 1. The van der Waals surface area contributed by atoms with Crippen molar-refractivity contribution in [2.45, 2.75) is 19.9 Å². The molecule has 0 saturated heterocycles. The number of nitrogen functional groups attached to an aromatic ring is 1. The van der Waals surface area contributed by atoms with Gasteiger partial charge in [-0.05, 0) is 60.2 Å². The third kappa shape index (κ3) is 6.54. The van der Waals surface area contributed by atoms with Gasteiger partial charge in [-0.25, -0.2) is 14.8 Å². The molecule has 0 fully saturated rings. The van der Waals surface area contributed by atoms with Crippen LogP contribution in [0.2, 0.25) is 0 Å². The molecule has 0 atom stereocenters. The van der Waals surface area contributed by atoms with E-state index >= 15 is 0 Å². The standard InChI is InChI=1S/C30H29N7O2S/c1-20-4-2-5-24(16-20)36-30(39)35-23-9-6-21(7-10-23)25-18-40-28-22(17-34-29(31)27(25)28)8-11-26(38)33-12-3-14-37-15-13-32-19-37/h2,4-11,13,15-19H,3,12,14H2,1H3,(H2,31,34)(H,33,38)(H2,35,36,39). The Bertz CT molecular complexity index is 1660. The second-order valence-corrected chi connectivity index (χ2v) is 10.1. The molecule has 202 valence electrons. The van der Waals surface area contributed by atoms with Gasteiger partial charge in [0.15, 0.2) is 0 Å². The molecule has 10 heteroatoms. The third-order valence-corrected chi connectivity index (χ3v) is 7.28. The number of thiophene rings is 1. The Balaban J connectivity index is 1.24. The van der Waals surface area contributed by atoms with Crippen LogP contribution in [0.15, 0.2) is 84.9 Å². The highest BCUT2D eigenvalue weighted by molar-refractivity contribution is 7.18. The highest BCUT2D eigenvalue weighted by Gasteiger charge is 2.14. The SMILES string of the molecule is Cc1cccc(NC(=O)Nc2ccc(-c3csc4c(C=CC(=O)NCCCn5ccnc5)cnc(N)c34)cc2)c1. The van der Waals surface area contributed by atoms with E-state index in [4.69, 9.17) is 5.73 Å². The van der Waals surface area contributed by atoms with Crippen molar-refractivity contribution < 1.29 is 9.59 Å². The molecule has 0 saturated carbocycles. The monoisotopic (exact) mass is 551 g/mol. The van der Waals surface area contributed by atoms with Gasteiger partial charge in [0.25, 0.3) is 0 Å². The first kappa shape index (κ1) is 26.6. The highest BCUT2D eigenvalue weighted by atomic mass is 32.1. The van der Waals surface area contributed by atoms with Crippen LogP contribution in [0.5, 0.6) is 0 Å². The van der Waals surface area contributed by atoms with E-state index in [-0.39, 0.29) is 11.9 Å². The third-order valence-electron chi connectivity index (χ3n) is 6.25. The maximum Gasteiger partial charge on any atom is 0.323 e. The van der Waals surface area contributed by atoms with Crippen molar-refractivity contribution in [3.63, 3.8) is 0 Å². The van der Waals surface area contributed by atoms with E-state index in [1.54, 1.807) is 36.1 Å². The lowest BCUT2D eigenvalue weighted by molar-refractivity contribution is -0.116. The number of benzene rings is 2. The zero-order valence-electron chi connectivity index (χ0n) is 21.9. The Morgan fingerprint density at radius 2 is 1.93 bits per heavy atom. The van der Waals surface area contributed by atoms with Gasteiger partial charge in [-0.2, -0.15) is 0 Å². The van der Waals surface area contributed by atoms with Crippen molar-refractivity contribution in [2.24, 2.45) is 0 Å². The smallest absolute Gasteiger partial charge is 0.323 e. The molecule has 0 aliphatic rings. The summed E-state index contributed by atoms with van der Waals surface area (Å²) in [5, 5.41) is 11.5. The molecular formula is C30H29N7O2S. The molecule has 0 radical (unpaired) electrons. The van der Waals surface area contributed by atoms with Crippen molar-refractivity contribution in [3.05, 3.63) is 96.0 Å². The van der Waals surface area contributed by atoms with Crippen LogP contribution in [-0.4, -0.2) is 33.0 Å². The summed E-state index contributed by atoms with van der Waals surface area (Å²) in [6, 6.07) is 14.9. The van der Waals surface area contributed by atoms with Gasteiger partial charge in [-0.15, -0.1) is 11.3 Å². The van der Waals surface area contributed by atoms with Crippen LogP contribution in [0, 0.1) is 6.92 Å². The minimum Gasteiger partial charge on any atom is -0.383 e. The van der Waals surface area contributed by atoms with E-state index < -0.39 is 0 Å². The molecule has 3 amide bonds. The number of nitrogens with two attached hydrogens (primary N) is 1. The van der Waals surface area contributed by atoms with Crippen molar-refractivity contribution in [2.75, 3.05) is 22.9 Å². The molecule has 5 N–H and O–H groups in total. The first-order valence-corrected chi connectivity index (χ1v) is 13.7. The van der Waals surface area contributed by atoms with E-state index in [2.05, 4.69) is 25.9 Å². The van der Waals surface area contributed by atoms with Crippen LogP contribution in [0.3, 0.4) is 0 Å². The lowest BCUT2D eigenvalue weighted by atomic mass is 10.0. The average molecular weight is 552 g/mol. The minimum absolute atomic E-state index is 0.165. The number of nitrogens with zero attached hydrogens (tertiary/aromatic N) is 3. The average Bonchev–Trinajstić information content (AvgIpc) is 3.62. The van der Waals surface area contributed by atoms with Crippen LogP contribution >= 0.6 is 11.3 Å². The number of fused-ring (bicyclic) bond motifs is 1. The van der Waals surface area contributed by atoms with E-state index in [1.807, 2.05) is 71.6 Å². The van der Waals surface area contributed by atoms with E-state index in [9.17, 15) is 9.59 Å². The number of hydrogen-bond donors (Lipinski definition) is 4. The summed E-state index contributed by atoms with van der Waals surface area (Å²) in [6.07, 6.45) is 11.2. The number of anilines is 3. The first-order valence-electron chi connectivity index (χ1n) is 12.8. The Kier molecular flexibility index (Phi) is 8.17. The number of nitrogens with one attached hydrogen (secondary N) is 3. The summed E-state index contributed by atoms with van der Waals surface area (Å²) in [4.78, 5) is 33.1. The number of pyridine rings is 1. The Morgan fingerprint density at radius 3 is 2.70 bits per heavy atom. The molecule has 0 spiro atoms. The summed E-state index contributed by atoms with van der Waals surface area (Å²) in [5.74, 6) is 0.258. The van der Waals surface area contributed by atoms with Crippen molar-refractivity contribution in [3.8, 4) is 11.1 Å². The maximum atomic E-state index is 12.4. The highest BCUT2D eigenvalue weighted by Crippen LogP contribution is 2.39. The first-order chi connectivity index (χ1) is 19.5. The fraction of sp³-hybridized carbons (Fsp3) is 0.133. The molecule has 5 rings (SSSR count). The van der Waals surface area contributed by atoms with Gasteiger partial charge >= 0.3 is 6.03 Å². The molecule has 0 unspecified atom stereocenters. The van der Waals surface area contributed by atoms with Crippen LogP contribution in [0.25, 0.3) is 27.3 Å². The molecular weight excluding hydrogens is 522 g/mol. The predicted octanol–water partition coefficient (Wildman–Crippen LogP) is 5.91. The van der Waals surface area contributed by atoms with Crippen LogP contribution in [-0.2, 0) is 11.3 Å². The number of carbonyl (C=O) groups excluding carboxylic acids is 2. The van der Waals surface area contributed by atoms with Crippen molar-refractivity contribution >= 4 is 56.6 Å². The topological polar surface area (TPSA) is 127 Å². The zero-order valence-corrected chi connectivity index (χ0v) is 22.7. The van der Waals surface area contributed by atoms with Gasteiger partial charge in [0, 0.05) is 70.3 Å². The number of carbonyl (C=O) groups is 2. The van der Waals surface area contributed by atoms with Crippen molar-refractivity contribution in [1.82, 2.24) is 19.9 Å². The molecule has 2 aromatic carbocycles. The molecule has 9 nitrogen and oxygen atoms in total. The van der Waals surface area contributed by atoms with Gasteiger partial charge in [-0.3, -0.25) is 4.79 Å². The van der Waals surface area contributed by atoms with Crippen molar-refractivity contribution in [1.29, 1.82) is 0 Å². The number of imidazole rings is 1. The fourth-order valence-corrected chi connectivity index (χ4v) is 5.36. The second-order valence-electron chi connectivity index (χ2n) is 9.26. The normalized spacial score (nSPS) is 11.1. The molecule has 0 aliphatic carbocycles. The van der Waals surface area contributed by atoms with Gasteiger partial charge in [-0.1, -0.05) is 24.3 Å². The number of aryl methyl sites for hydroxylation is 2. The lowest BCUT2D eigenvalue weighted by Gasteiger charge is -2.09. The van der Waals surface area contributed by atoms with Gasteiger partial charge in [0.1, 0.15) is 5.82 Å². The summed E-state index contributed by atoms with van der Waals surface area (Å²) in [6.45, 7) is 3.34. The predicted molar refractivity (Wildman–Crippen MR) is 162 cm³/mol. The molecule has 40 heavy (non-hydrogen) atoms. The second kappa shape index (κ2) is 12.3. The lowest BCUT2D eigenvalue weighted by Crippen LogP contribution is -2.22. The molecule has 0 aliphatic heterocycles. The molecule has 0 bridgehead atoms. The summed E-state index contributed by atoms with van der Waals surface area (Å²) in [7, 11) is 0. The van der Waals surface area contributed by atoms with E-state index in [0.717, 1.165) is 51.0 Å². The number of amides is 3. The summed E-state index contributed by atoms with van der Waals surface area (Å²) >= 11 is 1.55. The minimum atomic E-state index is -0.313.